The normalized spacial score (nSPS) is 12.7. The molecule has 1 heterocycles. The van der Waals surface area contributed by atoms with Crippen molar-refractivity contribution in [3.05, 3.63) is 59.4 Å². The van der Waals surface area contributed by atoms with Crippen LogP contribution in [0.2, 0.25) is 0 Å². The van der Waals surface area contributed by atoms with E-state index in [1.54, 1.807) is 32.2 Å². The summed E-state index contributed by atoms with van der Waals surface area (Å²) in [5, 5.41) is 5.00. The van der Waals surface area contributed by atoms with E-state index in [9.17, 15) is 9.59 Å². The van der Waals surface area contributed by atoms with Gasteiger partial charge in [0.1, 0.15) is 5.82 Å². The molecule has 198 valence electrons. The quantitative estimate of drug-likeness (QED) is 0.194. The molecule has 0 aliphatic carbocycles. The molecule has 0 radical (unpaired) electrons. The molecule has 1 aromatic heterocycles. The topological polar surface area (TPSA) is 92.0 Å². The van der Waals surface area contributed by atoms with E-state index in [1.807, 2.05) is 39.8 Å². The molecule has 0 aliphatic rings. The molecule has 0 spiro atoms. The Bertz CT molecular complexity index is 1410. The minimum Gasteiger partial charge on any atom is -0.490 e. The fraction of sp³-hybridized carbons (Fsp3) is 0.385. The Morgan fingerprint density at radius 1 is 1.14 bits per heavy atom. The number of nitrogens with zero attached hydrogens (tertiary/aromatic N) is 3. The maximum absolute atomic E-state index is 13.5. The fourth-order valence-electron chi connectivity index (χ4n) is 3.42. The number of hydrogen-bond donors (Lipinski definition) is 0. The van der Waals surface area contributed by atoms with Crippen molar-refractivity contribution >= 4 is 70.9 Å². The average molecular weight is 702 g/mol. The van der Waals surface area contributed by atoms with Gasteiger partial charge in [0.05, 0.1) is 34.8 Å². The van der Waals surface area contributed by atoms with E-state index >= 15 is 0 Å². The van der Waals surface area contributed by atoms with E-state index in [-0.39, 0.29) is 12.2 Å². The van der Waals surface area contributed by atoms with E-state index in [2.05, 4.69) is 52.9 Å². The standard InChI is InChI=1S/C26H28Br3N3O5/c1-7-35-19-11-15(20(28)21(29)22(19)37-14(3)24(34)36-8-2)13-30-32-23(33)17-12-16(27)9-10-18(17)31-25(32)26(4,5)6/h9-14H,7-8H2,1-6H3/t14-/m0/s1. The lowest BCUT2D eigenvalue weighted by Crippen LogP contribution is -2.29. The van der Waals surface area contributed by atoms with Crippen molar-refractivity contribution in [1.82, 2.24) is 9.66 Å². The van der Waals surface area contributed by atoms with Crippen molar-refractivity contribution in [2.24, 2.45) is 5.10 Å². The van der Waals surface area contributed by atoms with Gasteiger partial charge in [-0.15, -0.1) is 0 Å². The van der Waals surface area contributed by atoms with Crippen LogP contribution in [0.1, 0.15) is 52.9 Å². The van der Waals surface area contributed by atoms with Crippen LogP contribution in [0.3, 0.4) is 0 Å². The molecule has 0 unspecified atom stereocenters. The van der Waals surface area contributed by atoms with Crippen molar-refractivity contribution in [3.8, 4) is 11.5 Å². The van der Waals surface area contributed by atoms with Crippen LogP contribution in [0.5, 0.6) is 11.5 Å². The predicted molar refractivity (Wildman–Crippen MR) is 155 cm³/mol. The van der Waals surface area contributed by atoms with Crippen molar-refractivity contribution < 1.29 is 19.0 Å². The molecule has 0 aliphatic heterocycles. The number of esters is 1. The van der Waals surface area contributed by atoms with Gasteiger partial charge < -0.3 is 14.2 Å². The number of hydrogen-bond acceptors (Lipinski definition) is 7. The lowest BCUT2D eigenvalue weighted by Gasteiger charge is -2.21. The van der Waals surface area contributed by atoms with Gasteiger partial charge in [0.2, 0.25) is 0 Å². The largest absolute Gasteiger partial charge is 0.490 e. The number of halogens is 3. The van der Waals surface area contributed by atoms with E-state index < -0.39 is 17.5 Å². The third-order valence-electron chi connectivity index (χ3n) is 5.16. The lowest BCUT2D eigenvalue weighted by molar-refractivity contribution is -0.150. The Kier molecular flexibility index (Phi) is 9.57. The van der Waals surface area contributed by atoms with E-state index in [1.165, 1.54) is 4.68 Å². The summed E-state index contributed by atoms with van der Waals surface area (Å²) >= 11 is 10.5. The molecule has 11 heteroatoms. The number of aromatic nitrogens is 2. The molecule has 1 atom stereocenters. The number of carbonyl (C=O) groups excluding carboxylic acids is 1. The Morgan fingerprint density at radius 3 is 2.46 bits per heavy atom. The van der Waals surface area contributed by atoms with Crippen molar-refractivity contribution in [2.75, 3.05) is 13.2 Å². The highest BCUT2D eigenvalue weighted by Crippen LogP contribution is 2.43. The van der Waals surface area contributed by atoms with Gasteiger partial charge in [-0.05, 0) is 76.9 Å². The van der Waals surface area contributed by atoms with Gasteiger partial charge >= 0.3 is 5.97 Å². The van der Waals surface area contributed by atoms with Gasteiger partial charge in [-0.2, -0.15) is 9.78 Å². The Balaban J connectivity index is 2.14. The van der Waals surface area contributed by atoms with Gasteiger partial charge in [0, 0.05) is 19.9 Å². The molecule has 37 heavy (non-hydrogen) atoms. The third-order valence-corrected chi connectivity index (χ3v) is 7.80. The van der Waals surface area contributed by atoms with Crippen molar-refractivity contribution in [1.29, 1.82) is 0 Å². The predicted octanol–water partition coefficient (Wildman–Crippen LogP) is 6.59. The van der Waals surface area contributed by atoms with Gasteiger partial charge in [0.25, 0.3) is 5.56 Å². The van der Waals surface area contributed by atoms with E-state index in [0.29, 0.717) is 49.3 Å². The van der Waals surface area contributed by atoms with Crippen molar-refractivity contribution in [3.63, 3.8) is 0 Å². The summed E-state index contributed by atoms with van der Waals surface area (Å²) in [4.78, 5) is 30.3. The number of ether oxygens (including phenoxy) is 3. The minimum atomic E-state index is -0.849. The van der Waals surface area contributed by atoms with Gasteiger partial charge in [-0.3, -0.25) is 4.79 Å². The fourth-order valence-corrected chi connectivity index (χ4v) is 4.69. The summed E-state index contributed by atoms with van der Waals surface area (Å²) in [6.45, 7) is 11.7. The summed E-state index contributed by atoms with van der Waals surface area (Å²) in [7, 11) is 0. The van der Waals surface area contributed by atoms with Gasteiger partial charge in [-0.1, -0.05) is 36.7 Å². The first-order valence-electron chi connectivity index (χ1n) is 11.6. The van der Waals surface area contributed by atoms with Crippen LogP contribution in [0, 0.1) is 0 Å². The van der Waals surface area contributed by atoms with Gasteiger partial charge in [0.15, 0.2) is 17.6 Å². The second-order valence-electron chi connectivity index (χ2n) is 9.07. The van der Waals surface area contributed by atoms with Crippen LogP contribution >= 0.6 is 47.8 Å². The van der Waals surface area contributed by atoms with E-state index in [0.717, 1.165) is 4.47 Å². The first kappa shape index (κ1) is 29.3. The van der Waals surface area contributed by atoms with Crippen LogP contribution < -0.4 is 15.0 Å². The average Bonchev–Trinajstić information content (AvgIpc) is 2.83. The summed E-state index contributed by atoms with van der Waals surface area (Å²) in [5.41, 5.74) is 0.486. The van der Waals surface area contributed by atoms with Gasteiger partial charge in [-0.25, -0.2) is 9.78 Å². The van der Waals surface area contributed by atoms with Crippen LogP contribution in [-0.2, 0) is 14.9 Å². The first-order valence-corrected chi connectivity index (χ1v) is 14.0. The molecule has 2 aromatic carbocycles. The zero-order valence-corrected chi connectivity index (χ0v) is 26.2. The molecule has 0 saturated carbocycles. The third kappa shape index (κ3) is 6.61. The van der Waals surface area contributed by atoms with Crippen LogP contribution in [0.4, 0.5) is 0 Å². The SMILES string of the molecule is CCOC(=O)[C@H](C)Oc1c(OCC)cc(C=Nn2c(C(C)(C)C)nc3ccc(Br)cc3c2=O)c(Br)c1Br. The Morgan fingerprint density at radius 2 is 1.84 bits per heavy atom. The molecule has 0 saturated heterocycles. The first-order chi connectivity index (χ1) is 17.4. The summed E-state index contributed by atoms with van der Waals surface area (Å²) in [5.74, 6) is 0.783. The maximum atomic E-state index is 13.5. The summed E-state index contributed by atoms with van der Waals surface area (Å²) < 4.78 is 20.0. The van der Waals surface area contributed by atoms with Crippen molar-refractivity contribution in [2.45, 2.75) is 53.1 Å². The molecular weight excluding hydrogens is 674 g/mol. The van der Waals surface area contributed by atoms with Crippen LogP contribution in [0.15, 0.2) is 47.6 Å². The minimum absolute atomic E-state index is 0.252. The number of benzene rings is 2. The maximum Gasteiger partial charge on any atom is 0.347 e. The molecule has 0 fully saturated rings. The Labute approximate surface area is 240 Å². The zero-order valence-electron chi connectivity index (χ0n) is 21.4. The lowest BCUT2D eigenvalue weighted by atomic mass is 9.95. The Hall–Kier alpha value is -2.24. The molecule has 3 rings (SSSR count). The monoisotopic (exact) mass is 699 g/mol. The van der Waals surface area contributed by atoms with Crippen LogP contribution in [0.25, 0.3) is 10.9 Å². The molecule has 0 N–H and O–H groups in total. The molecule has 8 nitrogen and oxygen atoms in total. The number of fused-ring (bicyclic) bond motifs is 1. The highest BCUT2D eigenvalue weighted by molar-refractivity contribution is 9.13. The zero-order chi connectivity index (χ0) is 27.5. The smallest absolute Gasteiger partial charge is 0.347 e. The van der Waals surface area contributed by atoms with E-state index in [4.69, 9.17) is 19.2 Å². The number of carbonyl (C=O) groups is 1. The molecule has 0 bridgehead atoms. The highest BCUT2D eigenvalue weighted by atomic mass is 79.9. The summed E-state index contributed by atoms with van der Waals surface area (Å²) in [6.07, 6.45) is 0.704. The van der Waals surface area contributed by atoms with Crippen LogP contribution in [-0.4, -0.2) is 41.2 Å². The summed E-state index contributed by atoms with van der Waals surface area (Å²) in [6, 6.07) is 7.12. The second kappa shape index (κ2) is 12.1. The second-order valence-corrected chi connectivity index (χ2v) is 11.6. The highest BCUT2D eigenvalue weighted by Gasteiger charge is 2.25. The molecular formula is C26H28Br3N3O5. The molecule has 3 aromatic rings. The number of rotatable bonds is 8. The molecule has 0 amide bonds.